The first-order valence-corrected chi connectivity index (χ1v) is 7.42. The molecule has 1 aromatic rings. The maximum atomic E-state index is 11.4. The average Bonchev–Trinajstić information content (AvgIpc) is 2.45. The minimum Gasteiger partial charge on any atom is -0.493 e. The lowest BCUT2D eigenvalue weighted by atomic mass is 9.60. The minimum atomic E-state index is -1.09. The second-order valence-corrected chi connectivity index (χ2v) is 6.68. The van der Waals surface area contributed by atoms with Crippen LogP contribution in [-0.4, -0.2) is 29.5 Å². The first-order valence-electron chi connectivity index (χ1n) is 7.42. The second kappa shape index (κ2) is 4.72. The van der Waals surface area contributed by atoms with E-state index in [1.165, 1.54) is 0 Å². The molecule has 4 nitrogen and oxygen atoms in total. The van der Waals surface area contributed by atoms with Gasteiger partial charge in [-0.2, -0.15) is 5.26 Å². The number of hydrogen-bond donors (Lipinski definition) is 1. The van der Waals surface area contributed by atoms with Gasteiger partial charge in [-0.15, -0.1) is 0 Å². The van der Waals surface area contributed by atoms with Crippen LogP contribution >= 0.6 is 0 Å². The molecule has 0 radical (unpaired) electrons. The Balaban J connectivity index is 2.12. The summed E-state index contributed by atoms with van der Waals surface area (Å²) in [6.45, 7) is 4.85. The molecule has 3 rings (SSSR count). The fraction of sp³-hybridized carbons (Fsp3) is 0.588. The maximum Gasteiger partial charge on any atom is 0.124 e. The summed E-state index contributed by atoms with van der Waals surface area (Å²) in [4.78, 5) is 0. The van der Waals surface area contributed by atoms with Crippen LogP contribution in [0.2, 0.25) is 0 Å². The lowest BCUT2D eigenvalue weighted by Gasteiger charge is -2.51. The number of hydrogen-bond acceptors (Lipinski definition) is 4. The van der Waals surface area contributed by atoms with E-state index in [0.717, 1.165) is 5.56 Å². The SMILES string of the molecule is CC1(C)CC(O)(C2(C#N)CCOc3ccccc32)CCO1. The van der Waals surface area contributed by atoms with Gasteiger partial charge in [-0.3, -0.25) is 0 Å². The molecule has 0 amide bonds. The van der Waals surface area contributed by atoms with Gasteiger partial charge in [-0.25, -0.2) is 0 Å². The van der Waals surface area contributed by atoms with E-state index in [9.17, 15) is 10.4 Å². The summed E-state index contributed by atoms with van der Waals surface area (Å²) < 4.78 is 11.4. The van der Waals surface area contributed by atoms with E-state index >= 15 is 0 Å². The Labute approximate surface area is 125 Å². The largest absolute Gasteiger partial charge is 0.493 e. The van der Waals surface area contributed by atoms with Crippen LogP contribution in [-0.2, 0) is 10.2 Å². The van der Waals surface area contributed by atoms with E-state index in [0.29, 0.717) is 38.2 Å². The molecule has 2 heterocycles. The van der Waals surface area contributed by atoms with Crippen molar-refractivity contribution in [2.45, 2.75) is 49.7 Å². The van der Waals surface area contributed by atoms with Gasteiger partial charge in [0.2, 0.25) is 0 Å². The molecule has 112 valence electrons. The number of benzene rings is 1. The summed E-state index contributed by atoms with van der Waals surface area (Å²) in [5.74, 6) is 0.711. The van der Waals surface area contributed by atoms with Gasteiger partial charge in [0.1, 0.15) is 11.2 Å². The number of nitriles is 1. The highest BCUT2D eigenvalue weighted by Crippen LogP contribution is 2.51. The molecule has 0 bridgehead atoms. The van der Waals surface area contributed by atoms with Crippen LogP contribution in [0, 0.1) is 11.3 Å². The average molecular weight is 287 g/mol. The highest BCUT2D eigenvalue weighted by molar-refractivity contribution is 5.48. The van der Waals surface area contributed by atoms with Crippen molar-refractivity contribution in [1.29, 1.82) is 5.26 Å². The number of aliphatic hydroxyl groups is 1. The Morgan fingerprint density at radius 2 is 1.95 bits per heavy atom. The molecule has 4 heteroatoms. The molecular formula is C17H21NO3. The molecule has 0 spiro atoms. The first kappa shape index (κ1) is 14.4. The fourth-order valence-corrected chi connectivity index (χ4v) is 3.80. The summed E-state index contributed by atoms with van der Waals surface area (Å²) in [6, 6.07) is 10.00. The molecule has 0 saturated carbocycles. The lowest BCUT2D eigenvalue weighted by Crippen LogP contribution is -2.59. The third-order valence-corrected chi connectivity index (χ3v) is 4.79. The Bertz CT molecular complexity index is 592. The van der Waals surface area contributed by atoms with E-state index in [1.807, 2.05) is 38.1 Å². The van der Waals surface area contributed by atoms with Gasteiger partial charge in [0.15, 0.2) is 0 Å². The maximum absolute atomic E-state index is 11.4. The van der Waals surface area contributed by atoms with Crippen LogP contribution in [0.4, 0.5) is 0 Å². The molecule has 1 N–H and O–H groups in total. The highest BCUT2D eigenvalue weighted by Gasteiger charge is 2.57. The topological polar surface area (TPSA) is 62.5 Å². The molecule has 2 aliphatic rings. The van der Waals surface area contributed by atoms with Crippen molar-refractivity contribution < 1.29 is 14.6 Å². The summed E-state index contributed by atoms with van der Waals surface area (Å²) in [5.41, 5.74) is -1.64. The molecule has 1 fully saturated rings. The number of nitrogens with zero attached hydrogens (tertiary/aromatic N) is 1. The quantitative estimate of drug-likeness (QED) is 0.862. The van der Waals surface area contributed by atoms with Crippen LogP contribution in [0.1, 0.15) is 38.7 Å². The highest BCUT2D eigenvalue weighted by atomic mass is 16.5. The molecule has 1 aromatic carbocycles. The molecule has 2 aliphatic heterocycles. The van der Waals surface area contributed by atoms with Crippen LogP contribution in [0.3, 0.4) is 0 Å². The number of rotatable bonds is 1. The molecule has 1 saturated heterocycles. The van der Waals surface area contributed by atoms with Crippen molar-refractivity contribution in [3.8, 4) is 11.8 Å². The minimum absolute atomic E-state index is 0.426. The van der Waals surface area contributed by atoms with Crippen molar-refractivity contribution in [3.05, 3.63) is 29.8 Å². The van der Waals surface area contributed by atoms with Crippen molar-refractivity contribution in [1.82, 2.24) is 0 Å². The van der Waals surface area contributed by atoms with Gasteiger partial charge in [-0.1, -0.05) is 18.2 Å². The molecule has 2 atom stereocenters. The summed E-state index contributed by atoms with van der Waals surface area (Å²) >= 11 is 0. The van der Waals surface area contributed by atoms with Crippen molar-refractivity contribution >= 4 is 0 Å². The van der Waals surface area contributed by atoms with Gasteiger partial charge in [-0.05, 0) is 19.9 Å². The Hall–Kier alpha value is -1.57. The third-order valence-electron chi connectivity index (χ3n) is 4.79. The van der Waals surface area contributed by atoms with E-state index in [4.69, 9.17) is 9.47 Å². The van der Waals surface area contributed by atoms with Crippen LogP contribution in [0.15, 0.2) is 24.3 Å². The van der Waals surface area contributed by atoms with E-state index in [1.54, 1.807) is 0 Å². The molecule has 0 aromatic heterocycles. The van der Waals surface area contributed by atoms with Gasteiger partial charge in [0.05, 0.1) is 30.5 Å². The fourth-order valence-electron chi connectivity index (χ4n) is 3.80. The summed E-state index contributed by atoms with van der Waals surface area (Å²) in [5, 5.41) is 21.3. The first-order chi connectivity index (χ1) is 9.93. The number of para-hydroxylation sites is 1. The van der Waals surface area contributed by atoms with Crippen molar-refractivity contribution in [3.63, 3.8) is 0 Å². The zero-order valence-corrected chi connectivity index (χ0v) is 12.6. The standard InChI is InChI=1S/C17H21NO3/c1-15(2)11-17(19,8-10-21-15)16(12-18)7-9-20-14-6-4-3-5-13(14)16/h3-6,19H,7-11H2,1-2H3. The van der Waals surface area contributed by atoms with Gasteiger partial charge in [0.25, 0.3) is 0 Å². The van der Waals surface area contributed by atoms with E-state index in [-0.39, 0.29) is 0 Å². The predicted molar refractivity (Wildman–Crippen MR) is 78.1 cm³/mol. The van der Waals surface area contributed by atoms with Crippen molar-refractivity contribution in [2.24, 2.45) is 0 Å². The van der Waals surface area contributed by atoms with Gasteiger partial charge < -0.3 is 14.6 Å². The zero-order chi connectivity index (χ0) is 15.1. The summed E-state index contributed by atoms with van der Waals surface area (Å²) in [7, 11) is 0. The van der Waals surface area contributed by atoms with Crippen LogP contribution < -0.4 is 4.74 Å². The Morgan fingerprint density at radius 3 is 2.67 bits per heavy atom. The smallest absolute Gasteiger partial charge is 0.124 e. The third kappa shape index (κ3) is 2.12. The second-order valence-electron chi connectivity index (χ2n) is 6.68. The van der Waals surface area contributed by atoms with Gasteiger partial charge >= 0.3 is 0 Å². The van der Waals surface area contributed by atoms with Crippen molar-refractivity contribution in [2.75, 3.05) is 13.2 Å². The van der Waals surface area contributed by atoms with Crippen LogP contribution in [0.25, 0.3) is 0 Å². The molecule has 0 aliphatic carbocycles. The molecule has 21 heavy (non-hydrogen) atoms. The summed E-state index contributed by atoms with van der Waals surface area (Å²) in [6.07, 6.45) is 1.42. The lowest BCUT2D eigenvalue weighted by molar-refractivity contribution is -0.169. The molecular weight excluding hydrogens is 266 g/mol. The normalized spacial score (nSPS) is 34.4. The van der Waals surface area contributed by atoms with Crippen LogP contribution in [0.5, 0.6) is 5.75 Å². The Kier molecular flexibility index (Phi) is 3.23. The van der Waals surface area contributed by atoms with Gasteiger partial charge in [0, 0.05) is 24.8 Å². The number of fused-ring (bicyclic) bond motifs is 1. The van der Waals surface area contributed by atoms with E-state index in [2.05, 4.69) is 6.07 Å². The molecule has 2 unspecified atom stereocenters. The zero-order valence-electron chi connectivity index (χ0n) is 12.6. The number of ether oxygens (including phenoxy) is 2. The predicted octanol–water partition coefficient (Wildman–Crippen LogP) is 2.55. The monoisotopic (exact) mass is 287 g/mol. The Morgan fingerprint density at radius 1 is 1.19 bits per heavy atom. The van der Waals surface area contributed by atoms with E-state index < -0.39 is 16.6 Å².